The quantitative estimate of drug-likeness (QED) is 0.879. The van der Waals surface area contributed by atoms with Crippen molar-refractivity contribution >= 4 is 5.91 Å². The molecule has 1 N–H and O–H groups in total. The summed E-state index contributed by atoms with van der Waals surface area (Å²) in [5.41, 5.74) is 0.962. The number of methoxy groups -OCH3 is 1. The smallest absolute Gasteiger partial charge is 0.240 e. The van der Waals surface area contributed by atoms with Crippen LogP contribution in [-0.4, -0.2) is 49.7 Å². The zero-order valence-corrected chi connectivity index (χ0v) is 15.8. The Kier molecular flexibility index (Phi) is 5.07. The first-order valence-corrected chi connectivity index (χ1v) is 10.0. The van der Waals surface area contributed by atoms with E-state index in [9.17, 15) is 4.79 Å². The van der Waals surface area contributed by atoms with Gasteiger partial charge < -0.3 is 14.8 Å². The molecule has 0 aromatic heterocycles. The zero-order chi connectivity index (χ0) is 18.0. The van der Waals surface area contributed by atoms with E-state index < -0.39 is 0 Å². The minimum absolute atomic E-state index is 0.239. The lowest BCUT2D eigenvalue weighted by Gasteiger charge is -2.37. The molecular formula is C21H30N2O3. The molecule has 1 aliphatic carbocycles. The fourth-order valence-electron chi connectivity index (χ4n) is 4.87. The number of carbonyl (C=O) groups is 1. The predicted octanol–water partition coefficient (Wildman–Crippen LogP) is 2.77. The molecule has 2 heterocycles. The van der Waals surface area contributed by atoms with E-state index in [2.05, 4.69) is 16.3 Å². The first-order chi connectivity index (χ1) is 12.7. The highest BCUT2D eigenvalue weighted by atomic mass is 16.5. The van der Waals surface area contributed by atoms with Crippen LogP contribution in [0, 0.1) is 5.92 Å². The van der Waals surface area contributed by atoms with Gasteiger partial charge in [0, 0.05) is 18.5 Å². The van der Waals surface area contributed by atoms with Crippen LogP contribution in [0.5, 0.6) is 11.5 Å². The van der Waals surface area contributed by atoms with E-state index >= 15 is 0 Å². The third-order valence-corrected chi connectivity index (χ3v) is 6.37. The first-order valence-electron chi connectivity index (χ1n) is 10.0. The molecule has 0 unspecified atom stereocenters. The van der Waals surface area contributed by atoms with Gasteiger partial charge in [0.2, 0.25) is 5.91 Å². The topological polar surface area (TPSA) is 50.8 Å². The number of fused-ring (bicyclic) bond motifs is 1. The van der Waals surface area contributed by atoms with Gasteiger partial charge in [-0.05, 0) is 56.8 Å². The molecule has 1 amide bonds. The van der Waals surface area contributed by atoms with Crippen LogP contribution in [-0.2, 0) is 11.2 Å². The molecule has 1 aromatic rings. The average molecular weight is 358 g/mol. The Labute approximate surface area is 156 Å². The Morgan fingerprint density at radius 1 is 1.27 bits per heavy atom. The molecule has 4 rings (SSSR count). The largest absolute Gasteiger partial charge is 0.497 e. The van der Waals surface area contributed by atoms with Crippen molar-refractivity contribution in [1.82, 2.24) is 10.2 Å². The van der Waals surface area contributed by atoms with E-state index in [4.69, 9.17) is 9.47 Å². The van der Waals surface area contributed by atoms with Crippen LogP contribution in [0.2, 0.25) is 0 Å². The summed E-state index contributed by atoms with van der Waals surface area (Å²) in [5, 5.41) is 3.28. The molecule has 26 heavy (non-hydrogen) atoms. The van der Waals surface area contributed by atoms with Gasteiger partial charge in [0.1, 0.15) is 17.0 Å². The number of nitrogens with one attached hydrogen (secondary N) is 1. The molecular weight excluding hydrogens is 328 g/mol. The average Bonchev–Trinajstić information content (AvgIpc) is 3.37. The summed E-state index contributed by atoms with van der Waals surface area (Å²) < 4.78 is 11.2. The molecule has 2 fully saturated rings. The number of rotatable bonds is 5. The lowest BCUT2D eigenvalue weighted by atomic mass is 9.92. The molecule has 1 saturated carbocycles. The summed E-state index contributed by atoms with van der Waals surface area (Å²) in [6.07, 6.45) is 7.77. The molecule has 1 atom stereocenters. The summed E-state index contributed by atoms with van der Waals surface area (Å²) >= 11 is 0. The van der Waals surface area contributed by atoms with Crippen LogP contribution >= 0.6 is 0 Å². The first kappa shape index (κ1) is 17.7. The van der Waals surface area contributed by atoms with Crippen LogP contribution in [0.3, 0.4) is 0 Å². The third-order valence-electron chi connectivity index (χ3n) is 6.37. The summed E-state index contributed by atoms with van der Waals surface area (Å²) in [4.78, 5) is 15.6. The van der Waals surface area contributed by atoms with Crippen LogP contribution in [0.15, 0.2) is 18.2 Å². The van der Waals surface area contributed by atoms with E-state index in [0.29, 0.717) is 19.1 Å². The maximum absolute atomic E-state index is 13.1. The van der Waals surface area contributed by atoms with Crippen LogP contribution < -0.4 is 14.8 Å². The lowest BCUT2D eigenvalue weighted by molar-refractivity contribution is -0.133. The fourth-order valence-corrected chi connectivity index (χ4v) is 4.87. The highest BCUT2D eigenvalue weighted by Crippen LogP contribution is 2.38. The fraction of sp³-hybridized carbons (Fsp3) is 0.667. The minimum atomic E-state index is -0.239. The van der Waals surface area contributed by atoms with E-state index in [1.807, 2.05) is 12.1 Å². The lowest BCUT2D eigenvalue weighted by Crippen LogP contribution is -2.57. The van der Waals surface area contributed by atoms with Crippen molar-refractivity contribution in [2.45, 2.75) is 50.5 Å². The minimum Gasteiger partial charge on any atom is -0.497 e. The Morgan fingerprint density at radius 3 is 2.77 bits per heavy atom. The van der Waals surface area contributed by atoms with Crippen molar-refractivity contribution in [2.75, 3.05) is 33.4 Å². The molecule has 1 aromatic carbocycles. The number of nitrogens with zero attached hydrogens (tertiary/aromatic N) is 1. The van der Waals surface area contributed by atoms with Crippen molar-refractivity contribution in [2.24, 2.45) is 5.92 Å². The van der Waals surface area contributed by atoms with Gasteiger partial charge in [-0.2, -0.15) is 0 Å². The van der Waals surface area contributed by atoms with Gasteiger partial charge in [0.25, 0.3) is 0 Å². The van der Waals surface area contributed by atoms with Crippen molar-refractivity contribution in [3.8, 4) is 11.5 Å². The van der Waals surface area contributed by atoms with E-state index in [1.165, 1.54) is 31.2 Å². The van der Waals surface area contributed by atoms with Crippen molar-refractivity contribution < 1.29 is 14.3 Å². The molecule has 1 saturated heterocycles. The standard InChI is InChI=1S/C21H30N2O3/c1-25-18-7-6-17-12-16(15-26-19(17)13-18)14-22-20(24)21(8-2-3-9-21)23-10-4-5-11-23/h6-7,13,16H,2-5,8-12,14-15H2,1H3,(H,22,24)/t16-/m1/s1. The number of carbonyl (C=O) groups excluding carboxylic acids is 1. The van der Waals surface area contributed by atoms with Crippen LogP contribution in [0.4, 0.5) is 0 Å². The van der Waals surface area contributed by atoms with Crippen molar-refractivity contribution in [3.05, 3.63) is 23.8 Å². The van der Waals surface area contributed by atoms with Crippen LogP contribution in [0.1, 0.15) is 44.1 Å². The number of likely N-dealkylation sites (tertiary alicyclic amines) is 1. The molecule has 0 bridgehead atoms. The zero-order valence-electron chi connectivity index (χ0n) is 15.8. The Morgan fingerprint density at radius 2 is 2.04 bits per heavy atom. The van der Waals surface area contributed by atoms with Gasteiger partial charge in [-0.3, -0.25) is 9.69 Å². The third kappa shape index (κ3) is 3.29. The predicted molar refractivity (Wildman–Crippen MR) is 101 cm³/mol. The maximum atomic E-state index is 13.1. The molecule has 2 aliphatic heterocycles. The number of hydrogen-bond donors (Lipinski definition) is 1. The second kappa shape index (κ2) is 7.47. The SMILES string of the molecule is COc1ccc2c(c1)OC[C@@H](CNC(=O)C1(N3CCCC3)CCCC1)C2. The van der Waals surface area contributed by atoms with E-state index in [1.54, 1.807) is 7.11 Å². The number of hydrogen-bond acceptors (Lipinski definition) is 4. The maximum Gasteiger partial charge on any atom is 0.240 e. The van der Waals surface area contributed by atoms with Crippen molar-refractivity contribution in [3.63, 3.8) is 0 Å². The summed E-state index contributed by atoms with van der Waals surface area (Å²) in [6, 6.07) is 6.00. The normalized spacial score (nSPS) is 24.7. The van der Waals surface area contributed by atoms with Crippen LogP contribution in [0.25, 0.3) is 0 Å². The molecule has 3 aliphatic rings. The second-order valence-corrected chi connectivity index (χ2v) is 8.00. The van der Waals surface area contributed by atoms with E-state index in [0.717, 1.165) is 43.9 Å². The van der Waals surface area contributed by atoms with Gasteiger partial charge in [-0.15, -0.1) is 0 Å². The van der Waals surface area contributed by atoms with Crippen molar-refractivity contribution in [1.29, 1.82) is 0 Å². The highest BCUT2D eigenvalue weighted by molar-refractivity contribution is 5.86. The Hall–Kier alpha value is -1.75. The molecule has 5 nitrogen and oxygen atoms in total. The summed E-state index contributed by atoms with van der Waals surface area (Å²) in [6.45, 7) is 3.50. The number of benzene rings is 1. The second-order valence-electron chi connectivity index (χ2n) is 8.00. The number of ether oxygens (including phenoxy) is 2. The molecule has 5 heteroatoms. The summed E-state index contributed by atoms with van der Waals surface area (Å²) in [5.74, 6) is 2.31. The van der Waals surface area contributed by atoms with Gasteiger partial charge in [-0.1, -0.05) is 18.9 Å². The van der Waals surface area contributed by atoms with Gasteiger partial charge in [0.05, 0.1) is 13.7 Å². The summed E-state index contributed by atoms with van der Waals surface area (Å²) in [7, 11) is 1.67. The van der Waals surface area contributed by atoms with Gasteiger partial charge >= 0.3 is 0 Å². The Bertz CT molecular complexity index is 649. The molecule has 142 valence electrons. The monoisotopic (exact) mass is 358 g/mol. The molecule has 0 radical (unpaired) electrons. The van der Waals surface area contributed by atoms with Gasteiger partial charge in [-0.25, -0.2) is 0 Å². The highest BCUT2D eigenvalue weighted by Gasteiger charge is 2.46. The molecule has 0 spiro atoms. The van der Waals surface area contributed by atoms with E-state index in [-0.39, 0.29) is 11.4 Å². The number of amides is 1. The Balaban J connectivity index is 1.37. The van der Waals surface area contributed by atoms with Gasteiger partial charge in [0.15, 0.2) is 0 Å².